The molecule has 5 N–H and O–H groups in total. The maximum absolute atomic E-state index is 5.34. The molecule has 0 saturated heterocycles. The highest BCUT2D eigenvalue weighted by atomic mass is 28.4. The van der Waals surface area contributed by atoms with Crippen molar-refractivity contribution in [1.82, 2.24) is 28.6 Å². The standard InChI is InChI=1S/C4H26N6OSi5/c1-5-11-15-10(13-6-2)14-8-12-9-16(4)7-3/h5-9,16H,12-15H2,1-4H3. The fraction of sp³-hybridized carbons (Fsp3) is 1.00. The zero-order chi connectivity index (χ0) is 12.2. The van der Waals surface area contributed by atoms with Crippen molar-refractivity contribution >= 4 is 48.6 Å². The first-order chi connectivity index (χ1) is 7.74. The zero-order valence-corrected chi connectivity index (χ0v) is 17.6. The average Bonchev–Trinajstić information content (AvgIpc) is 2.30. The minimum absolute atomic E-state index is 0.268. The summed E-state index contributed by atoms with van der Waals surface area (Å²) in [5.74, 6) is 0. The molecule has 0 radical (unpaired) electrons. The molecule has 98 valence electrons. The molecule has 0 spiro atoms. The number of hydroxylamine groups is 1. The quantitative estimate of drug-likeness (QED) is 0.148. The molecule has 0 fully saturated rings. The molecule has 0 aliphatic heterocycles. The summed E-state index contributed by atoms with van der Waals surface area (Å²) in [6.45, 7) is 2.27. The predicted octanol–water partition coefficient (Wildman–Crippen LogP) is -6.10. The molecule has 0 bridgehead atoms. The second kappa shape index (κ2) is 12.3. The van der Waals surface area contributed by atoms with Gasteiger partial charge in [0.1, 0.15) is 0 Å². The fourth-order valence-corrected chi connectivity index (χ4v) is 13.4. The molecule has 0 aliphatic carbocycles. The minimum Gasteiger partial charge on any atom is -0.346 e. The van der Waals surface area contributed by atoms with E-state index in [2.05, 4.69) is 35.2 Å². The Morgan fingerprint density at radius 3 is 2.50 bits per heavy atom. The van der Waals surface area contributed by atoms with E-state index in [9.17, 15) is 0 Å². The molecule has 1 atom stereocenters. The van der Waals surface area contributed by atoms with Gasteiger partial charge >= 0.3 is 0 Å². The van der Waals surface area contributed by atoms with E-state index in [4.69, 9.17) is 4.53 Å². The Balaban J connectivity index is 3.50. The van der Waals surface area contributed by atoms with Crippen LogP contribution in [-0.4, -0.2) is 73.6 Å². The van der Waals surface area contributed by atoms with Crippen LogP contribution < -0.4 is 24.7 Å². The highest BCUT2D eigenvalue weighted by Gasteiger charge is 2.05. The normalized spacial score (nSPS) is 16.3. The summed E-state index contributed by atoms with van der Waals surface area (Å²) >= 11 is 0. The van der Waals surface area contributed by atoms with Crippen molar-refractivity contribution in [3.63, 3.8) is 0 Å². The number of nitrogens with zero attached hydrogens (tertiary/aromatic N) is 1. The average molecular weight is 315 g/mol. The summed E-state index contributed by atoms with van der Waals surface area (Å²) in [5.41, 5.74) is 2.78. The van der Waals surface area contributed by atoms with Crippen LogP contribution >= 0.6 is 0 Å². The van der Waals surface area contributed by atoms with E-state index in [0.29, 0.717) is 0 Å². The van der Waals surface area contributed by atoms with Crippen molar-refractivity contribution in [3.8, 4) is 0 Å². The fourth-order valence-electron chi connectivity index (χ4n) is 1.07. The molecule has 7 nitrogen and oxygen atoms in total. The first-order valence-electron chi connectivity index (χ1n) is 5.51. The zero-order valence-electron chi connectivity index (χ0n) is 10.8. The number of rotatable bonds is 11. The van der Waals surface area contributed by atoms with Gasteiger partial charge in [-0.3, -0.25) is 0 Å². The van der Waals surface area contributed by atoms with Crippen molar-refractivity contribution in [2.24, 2.45) is 0 Å². The van der Waals surface area contributed by atoms with Gasteiger partial charge < -0.3 is 27.7 Å². The van der Waals surface area contributed by atoms with Crippen molar-refractivity contribution in [3.05, 3.63) is 0 Å². The molecule has 0 aromatic carbocycles. The second-order valence-electron chi connectivity index (χ2n) is 3.46. The molecule has 0 aromatic heterocycles. The molecule has 0 rings (SSSR count). The maximum atomic E-state index is 5.34. The Bertz CT molecular complexity index is 157. The van der Waals surface area contributed by atoms with E-state index < -0.39 is 19.0 Å². The Morgan fingerprint density at radius 2 is 1.94 bits per heavy atom. The topological polar surface area (TPSA) is 72.6 Å². The van der Waals surface area contributed by atoms with E-state index in [-0.39, 0.29) is 29.5 Å². The van der Waals surface area contributed by atoms with Crippen molar-refractivity contribution in [2.75, 3.05) is 21.1 Å². The van der Waals surface area contributed by atoms with Gasteiger partial charge in [0.05, 0.1) is 0 Å². The molecule has 0 aliphatic rings. The third kappa shape index (κ3) is 9.99. The van der Waals surface area contributed by atoms with E-state index >= 15 is 0 Å². The number of nitrogens with one attached hydrogen (secondary N) is 5. The highest BCUT2D eigenvalue weighted by Crippen LogP contribution is 1.73. The van der Waals surface area contributed by atoms with Crippen LogP contribution in [0.1, 0.15) is 0 Å². The lowest BCUT2D eigenvalue weighted by molar-refractivity contribution is 0.228. The van der Waals surface area contributed by atoms with E-state index in [1.54, 1.807) is 0 Å². The summed E-state index contributed by atoms with van der Waals surface area (Å²) in [7, 11) is 3.73. The third-order valence-electron chi connectivity index (χ3n) is 2.07. The van der Waals surface area contributed by atoms with Crippen LogP contribution in [0.25, 0.3) is 0 Å². The molecule has 0 amide bonds. The molecule has 0 heterocycles. The summed E-state index contributed by atoms with van der Waals surface area (Å²) in [6.07, 6.45) is 0. The van der Waals surface area contributed by atoms with Gasteiger partial charge in [0, 0.05) is 7.05 Å². The number of hydrogen-bond donors (Lipinski definition) is 5. The van der Waals surface area contributed by atoms with Crippen LogP contribution in [0.5, 0.6) is 0 Å². The van der Waals surface area contributed by atoms with Gasteiger partial charge in [0.25, 0.3) is 9.92 Å². The van der Waals surface area contributed by atoms with Crippen molar-refractivity contribution < 1.29 is 4.53 Å². The number of hydrogen-bond acceptors (Lipinski definition) is 7. The van der Waals surface area contributed by atoms with Crippen LogP contribution in [0.15, 0.2) is 0 Å². The second-order valence-corrected chi connectivity index (χ2v) is 16.7. The summed E-state index contributed by atoms with van der Waals surface area (Å²) in [4.78, 5) is 6.62. The van der Waals surface area contributed by atoms with Gasteiger partial charge in [-0.25, -0.2) is 5.48 Å². The molecule has 0 aromatic rings. The van der Waals surface area contributed by atoms with Crippen molar-refractivity contribution in [1.29, 1.82) is 0 Å². The van der Waals surface area contributed by atoms with Gasteiger partial charge in [0.2, 0.25) is 0 Å². The largest absolute Gasteiger partial charge is 0.346 e. The van der Waals surface area contributed by atoms with Gasteiger partial charge in [-0.15, -0.1) is 0 Å². The Labute approximate surface area is 110 Å². The Morgan fingerprint density at radius 1 is 1.19 bits per heavy atom. The molecule has 16 heavy (non-hydrogen) atoms. The molecule has 1 unspecified atom stereocenters. The summed E-state index contributed by atoms with van der Waals surface area (Å²) in [6, 6.07) is 0. The molecule has 0 saturated carbocycles. The summed E-state index contributed by atoms with van der Waals surface area (Å²) < 4.78 is 15.2. The van der Waals surface area contributed by atoms with Crippen molar-refractivity contribution in [2.45, 2.75) is 6.55 Å². The maximum Gasteiger partial charge on any atom is 0.253 e. The molecular formula is C4H26N6OSi5. The Hall–Kier alpha value is 0.804. The first-order valence-corrected chi connectivity index (χ1v) is 13.1. The first kappa shape index (κ1) is 16.8. The third-order valence-corrected chi connectivity index (χ3v) is 13.9. The van der Waals surface area contributed by atoms with Gasteiger partial charge in [-0.2, -0.15) is 0 Å². The van der Waals surface area contributed by atoms with Gasteiger partial charge in [-0.1, -0.05) is 0 Å². The van der Waals surface area contributed by atoms with E-state index in [0.717, 1.165) is 0 Å². The predicted molar refractivity (Wildman–Crippen MR) is 83.6 cm³/mol. The van der Waals surface area contributed by atoms with Crippen LogP contribution in [0, 0.1) is 0 Å². The lowest BCUT2D eigenvalue weighted by atomic mass is 11.6. The molecule has 12 heteroatoms. The van der Waals surface area contributed by atoms with Crippen LogP contribution in [0.2, 0.25) is 6.55 Å². The monoisotopic (exact) mass is 314 g/mol. The smallest absolute Gasteiger partial charge is 0.253 e. The van der Waals surface area contributed by atoms with Gasteiger partial charge in [0.15, 0.2) is 38.6 Å². The molecular weight excluding hydrogens is 289 g/mol. The van der Waals surface area contributed by atoms with E-state index in [1.807, 2.05) is 21.1 Å². The lowest BCUT2D eigenvalue weighted by Crippen LogP contribution is -2.55. The van der Waals surface area contributed by atoms with Crippen LogP contribution in [-0.2, 0) is 4.53 Å². The summed E-state index contributed by atoms with van der Waals surface area (Å²) in [5, 5.41) is 0. The van der Waals surface area contributed by atoms with Gasteiger partial charge in [-0.05, 0) is 20.6 Å². The lowest BCUT2D eigenvalue weighted by Gasteiger charge is -2.21. The SMILES string of the molecule is CNO[SiH2]N([SiH2]NC)[SiH2]N[SiH2]N[SiH](C)NC. The van der Waals surface area contributed by atoms with E-state index in [1.165, 1.54) is 0 Å². The minimum atomic E-state index is -0.816. The highest BCUT2D eigenvalue weighted by molar-refractivity contribution is 6.68. The van der Waals surface area contributed by atoms with Crippen LogP contribution in [0.4, 0.5) is 0 Å². The Kier molecular flexibility index (Phi) is 12.9. The van der Waals surface area contributed by atoms with Crippen LogP contribution in [0.3, 0.4) is 0 Å².